The second-order valence-electron chi connectivity index (χ2n) is 11.3. The number of methoxy groups -OCH3 is 1. The number of amides is 1. The zero-order valence-electron chi connectivity index (χ0n) is 25.9. The van der Waals surface area contributed by atoms with Crippen molar-refractivity contribution in [1.82, 2.24) is 40.0 Å². The third-order valence-electron chi connectivity index (χ3n) is 8.26. The monoisotopic (exact) mass is 624 g/mol. The molecule has 2 saturated heterocycles. The quantitative estimate of drug-likeness (QED) is 0.275. The van der Waals surface area contributed by atoms with E-state index < -0.39 is 0 Å². The highest BCUT2D eigenvalue weighted by Crippen LogP contribution is 2.31. The number of piperidine rings is 1. The number of anilines is 2. The lowest BCUT2D eigenvalue weighted by Gasteiger charge is -2.40. The molecule has 238 valence electrons. The van der Waals surface area contributed by atoms with Gasteiger partial charge in [-0.1, -0.05) is 6.07 Å². The summed E-state index contributed by atoms with van der Waals surface area (Å²) in [4.78, 5) is 26.7. The third kappa shape index (κ3) is 7.22. The number of nitriles is 1. The minimum absolute atomic E-state index is 0.00134. The Balaban J connectivity index is 1.09. The first kappa shape index (κ1) is 30.9. The Kier molecular flexibility index (Phi) is 9.61. The molecule has 1 atom stereocenters. The van der Waals surface area contributed by atoms with E-state index in [1.165, 1.54) is 6.33 Å². The highest BCUT2D eigenvalue weighted by Gasteiger charge is 2.28. The van der Waals surface area contributed by atoms with E-state index in [0.717, 1.165) is 63.4 Å². The summed E-state index contributed by atoms with van der Waals surface area (Å²) in [5.74, 6) is 1.34. The lowest BCUT2D eigenvalue weighted by atomic mass is 10.0. The molecule has 4 heterocycles. The van der Waals surface area contributed by atoms with Gasteiger partial charge in [-0.3, -0.25) is 9.69 Å². The summed E-state index contributed by atoms with van der Waals surface area (Å²) in [6.07, 6.45) is 6.54. The summed E-state index contributed by atoms with van der Waals surface area (Å²) in [5, 5.41) is 23.9. The fourth-order valence-electron chi connectivity index (χ4n) is 5.82. The molecular weight excluding hydrogens is 588 g/mol. The summed E-state index contributed by atoms with van der Waals surface area (Å²) >= 11 is 0. The van der Waals surface area contributed by atoms with Crippen molar-refractivity contribution in [1.29, 1.82) is 5.26 Å². The van der Waals surface area contributed by atoms with Crippen molar-refractivity contribution in [3.63, 3.8) is 0 Å². The molecule has 2 fully saturated rings. The molecule has 0 saturated carbocycles. The van der Waals surface area contributed by atoms with Crippen LogP contribution in [0.15, 0.2) is 55.1 Å². The van der Waals surface area contributed by atoms with Crippen LogP contribution in [0.2, 0.25) is 0 Å². The Bertz CT molecular complexity index is 1660. The number of nitrogens with zero attached hydrogens (tertiary/aromatic N) is 9. The Hall–Kier alpha value is -5.13. The molecule has 0 spiro atoms. The number of hydrogen-bond donors (Lipinski definition) is 1. The standard InChI is InChI=1S/C32H36N10O4/c1-22(20-42-21-36-38-39-42)46-29-15-23(3-4-25(29)17-33)26-18-34-32(35-19-26)37-28-6-5-24(16-30(28)44-2)31(43)41-9-7-27(8-10-41)40-11-13-45-14-12-40/h3-6,15-16,18-19,21-22,27H,7-14,20H2,1-2H3,(H,34,35,37)/t22-/m0/s1. The largest absolute Gasteiger partial charge is 0.495 e. The van der Waals surface area contributed by atoms with Crippen LogP contribution in [0.4, 0.5) is 11.6 Å². The zero-order valence-corrected chi connectivity index (χ0v) is 25.9. The van der Waals surface area contributed by atoms with Crippen LogP contribution in [0.1, 0.15) is 35.7 Å². The zero-order chi connectivity index (χ0) is 31.9. The molecule has 2 aromatic heterocycles. The second kappa shape index (κ2) is 14.3. The average molecular weight is 625 g/mol. The minimum Gasteiger partial charge on any atom is -0.495 e. The van der Waals surface area contributed by atoms with Crippen molar-refractivity contribution in [3.8, 4) is 28.7 Å². The Morgan fingerprint density at radius 1 is 1.07 bits per heavy atom. The number of tetrazole rings is 1. The molecule has 0 radical (unpaired) electrons. The Morgan fingerprint density at radius 3 is 2.54 bits per heavy atom. The van der Waals surface area contributed by atoms with Crippen molar-refractivity contribution < 1.29 is 19.0 Å². The molecule has 2 aromatic carbocycles. The van der Waals surface area contributed by atoms with E-state index in [9.17, 15) is 10.1 Å². The van der Waals surface area contributed by atoms with Gasteiger partial charge in [-0.25, -0.2) is 14.6 Å². The number of morpholine rings is 1. The van der Waals surface area contributed by atoms with Gasteiger partial charge in [0.25, 0.3) is 5.91 Å². The first-order valence-corrected chi connectivity index (χ1v) is 15.3. The van der Waals surface area contributed by atoms with Crippen molar-refractivity contribution in [2.45, 2.75) is 38.5 Å². The van der Waals surface area contributed by atoms with Crippen LogP contribution in [-0.4, -0.2) is 105 Å². The molecule has 2 aliphatic heterocycles. The van der Waals surface area contributed by atoms with Gasteiger partial charge in [-0.2, -0.15) is 5.26 Å². The number of hydrogen-bond acceptors (Lipinski definition) is 12. The molecule has 0 bridgehead atoms. The van der Waals surface area contributed by atoms with E-state index in [0.29, 0.717) is 46.8 Å². The summed E-state index contributed by atoms with van der Waals surface area (Å²) in [6, 6.07) is 13.4. The fraction of sp³-hybridized carbons (Fsp3) is 0.406. The molecule has 1 amide bonds. The topological polar surface area (TPSA) is 156 Å². The van der Waals surface area contributed by atoms with E-state index in [-0.39, 0.29) is 12.0 Å². The van der Waals surface area contributed by atoms with Crippen molar-refractivity contribution >= 4 is 17.5 Å². The molecule has 0 aliphatic carbocycles. The van der Waals surface area contributed by atoms with Gasteiger partial charge in [0.2, 0.25) is 5.95 Å². The van der Waals surface area contributed by atoms with Crippen LogP contribution in [0.5, 0.6) is 11.5 Å². The van der Waals surface area contributed by atoms with Crippen molar-refractivity contribution in [2.75, 3.05) is 51.8 Å². The van der Waals surface area contributed by atoms with Crippen LogP contribution >= 0.6 is 0 Å². The molecule has 14 heteroatoms. The van der Waals surface area contributed by atoms with E-state index >= 15 is 0 Å². The van der Waals surface area contributed by atoms with Gasteiger partial charge < -0.3 is 24.4 Å². The number of nitrogens with one attached hydrogen (secondary N) is 1. The summed E-state index contributed by atoms with van der Waals surface area (Å²) in [5.41, 5.74) is 3.18. The molecule has 4 aromatic rings. The van der Waals surface area contributed by atoms with Crippen LogP contribution in [0, 0.1) is 11.3 Å². The van der Waals surface area contributed by atoms with E-state index in [1.54, 1.807) is 48.5 Å². The van der Waals surface area contributed by atoms with Crippen molar-refractivity contribution in [3.05, 3.63) is 66.2 Å². The first-order chi connectivity index (χ1) is 22.5. The molecule has 6 rings (SSSR count). The van der Waals surface area contributed by atoms with Crippen LogP contribution in [0.3, 0.4) is 0 Å². The van der Waals surface area contributed by atoms with Crippen molar-refractivity contribution in [2.24, 2.45) is 0 Å². The number of ether oxygens (including phenoxy) is 3. The van der Waals surface area contributed by atoms with E-state index in [4.69, 9.17) is 14.2 Å². The second-order valence-corrected chi connectivity index (χ2v) is 11.3. The lowest BCUT2D eigenvalue weighted by molar-refractivity contribution is 0.00159. The number of carbonyl (C=O) groups is 1. The molecule has 46 heavy (non-hydrogen) atoms. The molecule has 2 aliphatic rings. The van der Waals surface area contributed by atoms with Gasteiger partial charge in [-0.15, -0.1) is 5.10 Å². The molecule has 1 N–H and O–H groups in total. The van der Waals surface area contributed by atoms with Crippen LogP contribution in [0.25, 0.3) is 11.1 Å². The number of aromatic nitrogens is 6. The number of carbonyl (C=O) groups excluding carboxylic acids is 1. The maximum Gasteiger partial charge on any atom is 0.253 e. The van der Waals surface area contributed by atoms with Gasteiger partial charge in [0.15, 0.2) is 0 Å². The SMILES string of the molecule is COc1cc(C(=O)N2CCC(N3CCOCC3)CC2)ccc1Nc1ncc(-c2ccc(C#N)c(O[C@@H](C)Cn3cnnn3)c2)cn1. The van der Waals surface area contributed by atoms with Gasteiger partial charge in [0, 0.05) is 55.7 Å². The van der Waals surface area contributed by atoms with E-state index in [2.05, 4.69) is 41.8 Å². The normalized spacial score (nSPS) is 16.4. The van der Waals surface area contributed by atoms with Gasteiger partial charge >= 0.3 is 0 Å². The van der Waals surface area contributed by atoms with Gasteiger partial charge in [0.05, 0.1) is 38.1 Å². The molecular formula is C32H36N10O4. The minimum atomic E-state index is -0.280. The van der Waals surface area contributed by atoms with Crippen LogP contribution < -0.4 is 14.8 Å². The average Bonchev–Trinajstić information content (AvgIpc) is 3.62. The predicted molar refractivity (Wildman–Crippen MR) is 168 cm³/mol. The maximum absolute atomic E-state index is 13.3. The predicted octanol–water partition coefficient (Wildman–Crippen LogP) is 3.16. The van der Waals surface area contributed by atoms with Gasteiger partial charge in [0.1, 0.15) is 30.0 Å². The highest BCUT2D eigenvalue weighted by molar-refractivity contribution is 5.95. The maximum atomic E-state index is 13.3. The number of benzene rings is 2. The molecule has 14 nitrogen and oxygen atoms in total. The lowest BCUT2D eigenvalue weighted by Crippen LogP contribution is -2.50. The van der Waals surface area contributed by atoms with E-state index in [1.807, 2.05) is 24.0 Å². The Labute approximate surface area is 266 Å². The first-order valence-electron chi connectivity index (χ1n) is 15.3. The number of likely N-dealkylation sites (tertiary alicyclic amines) is 1. The fourth-order valence-corrected chi connectivity index (χ4v) is 5.82. The van der Waals surface area contributed by atoms with Crippen LogP contribution in [-0.2, 0) is 11.3 Å². The summed E-state index contributed by atoms with van der Waals surface area (Å²) in [6.45, 7) is 7.27. The summed E-state index contributed by atoms with van der Waals surface area (Å²) in [7, 11) is 1.57. The Morgan fingerprint density at radius 2 is 1.85 bits per heavy atom. The number of rotatable bonds is 10. The highest BCUT2D eigenvalue weighted by atomic mass is 16.5. The van der Waals surface area contributed by atoms with Gasteiger partial charge in [-0.05, 0) is 66.1 Å². The smallest absolute Gasteiger partial charge is 0.253 e. The summed E-state index contributed by atoms with van der Waals surface area (Å²) < 4.78 is 18.7. The third-order valence-corrected chi connectivity index (χ3v) is 8.26. The molecule has 0 unspecified atom stereocenters.